The Bertz CT molecular complexity index is 649. The molecule has 20 heavy (non-hydrogen) atoms. The second-order valence-electron chi connectivity index (χ2n) is 4.12. The highest BCUT2D eigenvalue weighted by Crippen LogP contribution is 2.28. The van der Waals surface area contributed by atoms with Gasteiger partial charge in [-0.05, 0) is 19.1 Å². The molecule has 0 atom stereocenters. The first-order valence-corrected chi connectivity index (χ1v) is 5.68. The summed E-state index contributed by atoms with van der Waals surface area (Å²) in [4.78, 5) is 21.5. The van der Waals surface area contributed by atoms with Crippen molar-refractivity contribution in [1.29, 1.82) is 0 Å². The van der Waals surface area contributed by atoms with E-state index < -0.39 is 11.7 Å². The molecule has 5 nitrogen and oxygen atoms in total. The van der Waals surface area contributed by atoms with Crippen molar-refractivity contribution >= 4 is 5.82 Å². The molecule has 0 bridgehead atoms. The molecule has 2 aromatic rings. The Balaban J connectivity index is 2.06. The minimum absolute atomic E-state index is 0.162. The summed E-state index contributed by atoms with van der Waals surface area (Å²) >= 11 is 0. The number of pyridine rings is 1. The number of aromatic amines is 1. The van der Waals surface area contributed by atoms with Crippen LogP contribution in [0.25, 0.3) is 0 Å². The number of aromatic nitrogens is 3. The quantitative estimate of drug-likeness (QED) is 0.905. The molecule has 0 spiro atoms. The maximum atomic E-state index is 12.3. The van der Waals surface area contributed by atoms with Crippen LogP contribution in [0, 0.1) is 6.92 Å². The van der Waals surface area contributed by atoms with E-state index in [4.69, 9.17) is 0 Å². The number of rotatable bonds is 3. The largest absolute Gasteiger partial charge is 0.417 e. The molecule has 2 rings (SSSR count). The van der Waals surface area contributed by atoms with Crippen LogP contribution in [0.15, 0.2) is 29.2 Å². The van der Waals surface area contributed by atoms with Gasteiger partial charge in [0.2, 0.25) is 0 Å². The fourth-order valence-electron chi connectivity index (χ4n) is 1.57. The molecule has 0 saturated heterocycles. The lowest BCUT2D eigenvalue weighted by Crippen LogP contribution is -2.14. The third-order valence-corrected chi connectivity index (χ3v) is 2.45. The number of anilines is 1. The van der Waals surface area contributed by atoms with Gasteiger partial charge >= 0.3 is 6.18 Å². The topological polar surface area (TPSA) is 70.7 Å². The molecule has 0 saturated carbocycles. The zero-order chi connectivity index (χ0) is 14.8. The van der Waals surface area contributed by atoms with Crippen molar-refractivity contribution in [2.75, 3.05) is 5.32 Å². The highest BCUT2D eigenvalue weighted by molar-refractivity contribution is 5.36. The average molecular weight is 284 g/mol. The number of hydrogen-bond acceptors (Lipinski definition) is 4. The number of hydrogen-bond donors (Lipinski definition) is 2. The van der Waals surface area contributed by atoms with Gasteiger partial charge < -0.3 is 10.3 Å². The van der Waals surface area contributed by atoms with Gasteiger partial charge in [-0.3, -0.25) is 4.79 Å². The fraction of sp³-hybridized carbons (Fsp3) is 0.250. The summed E-state index contributed by atoms with van der Waals surface area (Å²) in [6.45, 7) is 1.84. The highest BCUT2D eigenvalue weighted by Gasteiger charge is 2.30. The van der Waals surface area contributed by atoms with E-state index in [9.17, 15) is 18.0 Å². The van der Waals surface area contributed by atoms with E-state index in [2.05, 4.69) is 20.3 Å². The van der Waals surface area contributed by atoms with Crippen LogP contribution < -0.4 is 10.9 Å². The molecule has 0 radical (unpaired) electrons. The summed E-state index contributed by atoms with van der Waals surface area (Å²) in [5.41, 5.74) is -0.536. The number of aryl methyl sites for hydroxylation is 1. The third-order valence-electron chi connectivity index (χ3n) is 2.45. The maximum absolute atomic E-state index is 12.3. The van der Waals surface area contributed by atoms with Crippen molar-refractivity contribution < 1.29 is 13.2 Å². The Morgan fingerprint density at radius 1 is 1.35 bits per heavy atom. The molecule has 2 N–H and O–H groups in total. The number of H-pyrrole nitrogens is 1. The molecule has 0 unspecified atom stereocenters. The molecule has 0 aliphatic heterocycles. The summed E-state index contributed by atoms with van der Waals surface area (Å²) in [6, 6.07) is 3.50. The summed E-state index contributed by atoms with van der Waals surface area (Å²) in [5, 5.41) is 2.78. The van der Waals surface area contributed by atoms with Crippen molar-refractivity contribution in [1.82, 2.24) is 15.0 Å². The number of nitrogens with zero attached hydrogens (tertiary/aromatic N) is 2. The van der Waals surface area contributed by atoms with Crippen molar-refractivity contribution in [3.05, 3.63) is 51.8 Å². The predicted molar refractivity (Wildman–Crippen MR) is 66.2 cm³/mol. The number of alkyl halides is 3. The van der Waals surface area contributed by atoms with Crippen molar-refractivity contribution in [2.45, 2.75) is 19.6 Å². The Kier molecular flexibility index (Phi) is 3.73. The standard InChI is InChI=1S/C12H11F3N4O/c1-7-4-11(20)19-10(18-7)6-17-9-3-2-8(5-16-9)12(13,14)15/h2-5H,6H2,1H3,(H,16,17)(H,18,19,20). The monoisotopic (exact) mass is 284 g/mol. The van der Waals surface area contributed by atoms with Crippen molar-refractivity contribution in [3.63, 3.8) is 0 Å². The Morgan fingerprint density at radius 2 is 2.10 bits per heavy atom. The van der Waals surface area contributed by atoms with Crippen LogP contribution >= 0.6 is 0 Å². The van der Waals surface area contributed by atoms with Crippen molar-refractivity contribution in [3.8, 4) is 0 Å². The van der Waals surface area contributed by atoms with Crippen LogP contribution in [0.2, 0.25) is 0 Å². The van der Waals surface area contributed by atoms with E-state index in [1.165, 1.54) is 12.1 Å². The Hall–Kier alpha value is -2.38. The molecule has 0 aliphatic rings. The molecule has 0 aromatic carbocycles. The lowest BCUT2D eigenvalue weighted by atomic mass is 10.3. The first-order chi connectivity index (χ1) is 9.34. The fourth-order valence-corrected chi connectivity index (χ4v) is 1.57. The van der Waals surface area contributed by atoms with Crippen molar-refractivity contribution in [2.24, 2.45) is 0 Å². The van der Waals surface area contributed by atoms with Gasteiger partial charge in [0, 0.05) is 18.0 Å². The van der Waals surface area contributed by atoms with Crippen LogP contribution in [0.1, 0.15) is 17.1 Å². The maximum Gasteiger partial charge on any atom is 0.417 e. The lowest BCUT2D eigenvalue weighted by Gasteiger charge is -2.08. The van der Waals surface area contributed by atoms with Gasteiger partial charge in [-0.15, -0.1) is 0 Å². The SMILES string of the molecule is Cc1cc(=O)[nH]c(CNc2ccc(C(F)(F)F)cn2)n1. The van der Waals surface area contributed by atoms with Crippen LogP contribution in [0.5, 0.6) is 0 Å². The van der Waals surface area contributed by atoms with Gasteiger partial charge in [-0.25, -0.2) is 9.97 Å². The van der Waals surface area contributed by atoms with Gasteiger partial charge in [0.25, 0.3) is 5.56 Å². The first kappa shape index (κ1) is 14.0. The smallest absolute Gasteiger partial charge is 0.363 e. The van der Waals surface area contributed by atoms with E-state index in [0.717, 1.165) is 12.3 Å². The predicted octanol–water partition coefficient (Wildman–Crippen LogP) is 2.10. The third kappa shape index (κ3) is 3.56. The molecule has 0 fully saturated rings. The second kappa shape index (κ2) is 5.32. The van der Waals surface area contributed by atoms with E-state index in [-0.39, 0.29) is 17.9 Å². The average Bonchev–Trinajstić information content (AvgIpc) is 2.35. The molecule has 2 aromatic heterocycles. The number of halogens is 3. The first-order valence-electron chi connectivity index (χ1n) is 5.68. The molecular formula is C12H11F3N4O. The molecular weight excluding hydrogens is 273 g/mol. The van der Waals surface area contributed by atoms with Gasteiger partial charge in [-0.1, -0.05) is 0 Å². The highest BCUT2D eigenvalue weighted by atomic mass is 19.4. The normalized spacial score (nSPS) is 11.4. The van der Waals surface area contributed by atoms with Gasteiger partial charge in [-0.2, -0.15) is 13.2 Å². The van der Waals surface area contributed by atoms with E-state index >= 15 is 0 Å². The zero-order valence-electron chi connectivity index (χ0n) is 10.5. The Labute approximate surface area is 111 Å². The van der Waals surface area contributed by atoms with Crippen LogP contribution in [-0.2, 0) is 12.7 Å². The zero-order valence-corrected chi connectivity index (χ0v) is 10.5. The van der Waals surface area contributed by atoms with Crippen LogP contribution in [-0.4, -0.2) is 15.0 Å². The Morgan fingerprint density at radius 3 is 2.65 bits per heavy atom. The van der Waals surface area contributed by atoms with Gasteiger partial charge in [0.05, 0.1) is 12.1 Å². The van der Waals surface area contributed by atoms with Crippen LogP contribution in [0.3, 0.4) is 0 Å². The van der Waals surface area contributed by atoms with E-state index in [1.54, 1.807) is 6.92 Å². The van der Waals surface area contributed by atoms with E-state index in [0.29, 0.717) is 11.5 Å². The van der Waals surface area contributed by atoms with Crippen LogP contribution in [0.4, 0.5) is 19.0 Å². The molecule has 106 valence electrons. The molecule has 8 heteroatoms. The van der Waals surface area contributed by atoms with E-state index in [1.807, 2.05) is 0 Å². The van der Waals surface area contributed by atoms with Gasteiger partial charge in [0.1, 0.15) is 11.6 Å². The minimum atomic E-state index is -4.41. The van der Waals surface area contributed by atoms with Gasteiger partial charge in [0.15, 0.2) is 0 Å². The molecule has 2 heterocycles. The number of nitrogens with one attached hydrogen (secondary N) is 2. The molecule has 0 amide bonds. The summed E-state index contributed by atoms with van der Waals surface area (Å²) in [7, 11) is 0. The summed E-state index contributed by atoms with van der Waals surface area (Å²) in [5.74, 6) is 0.652. The lowest BCUT2D eigenvalue weighted by molar-refractivity contribution is -0.137. The minimum Gasteiger partial charge on any atom is -0.363 e. The summed E-state index contributed by atoms with van der Waals surface area (Å²) in [6.07, 6.45) is -3.66. The summed E-state index contributed by atoms with van der Waals surface area (Å²) < 4.78 is 37.0. The molecule has 0 aliphatic carbocycles. The second-order valence-corrected chi connectivity index (χ2v) is 4.12.